The average Bonchev–Trinajstić information content (AvgIpc) is 3.65. The molecule has 0 radical (unpaired) electrons. The van der Waals surface area contributed by atoms with Gasteiger partial charge in [-0.3, -0.25) is 9.59 Å². The number of halogens is 5. The van der Waals surface area contributed by atoms with E-state index in [1.54, 1.807) is 77.6 Å². The molecule has 0 N–H and O–H groups in total. The Balaban J connectivity index is 0.000000152. The smallest absolute Gasteiger partial charge is 0.288 e. The average molecular weight is 649 g/mol. The van der Waals surface area contributed by atoms with Crippen LogP contribution in [-0.4, -0.2) is 11.6 Å². The van der Waals surface area contributed by atoms with E-state index in [2.05, 4.69) is 0 Å². The van der Waals surface area contributed by atoms with Crippen LogP contribution in [-0.2, 0) is 19.3 Å². The lowest BCUT2D eigenvalue weighted by molar-refractivity contribution is -0.672. The van der Waals surface area contributed by atoms with Crippen molar-refractivity contribution in [3.63, 3.8) is 0 Å². The molecule has 0 saturated heterocycles. The second-order valence-corrected chi connectivity index (χ2v) is 11.5. The Hall–Kier alpha value is -5.83. The van der Waals surface area contributed by atoms with E-state index < -0.39 is 23.4 Å². The minimum atomic E-state index is -4.36. The third-order valence-corrected chi connectivity index (χ3v) is 8.46. The van der Waals surface area contributed by atoms with Crippen LogP contribution in [0.5, 0.6) is 0 Å². The molecular formula is C39H25F5N2O2+2. The van der Waals surface area contributed by atoms with Gasteiger partial charge in [-0.15, -0.1) is 0 Å². The summed E-state index contributed by atoms with van der Waals surface area (Å²) in [7, 11) is 0. The molecule has 0 bridgehead atoms. The van der Waals surface area contributed by atoms with E-state index in [4.69, 9.17) is 0 Å². The summed E-state index contributed by atoms with van der Waals surface area (Å²) >= 11 is 0. The van der Waals surface area contributed by atoms with Gasteiger partial charge < -0.3 is 0 Å². The number of rotatable bonds is 4. The summed E-state index contributed by atoms with van der Waals surface area (Å²) in [5.41, 5.74) is 5.46. The highest BCUT2D eigenvalue weighted by Crippen LogP contribution is 2.35. The molecule has 236 valence electrons. The topological polar surface area (TPSA) is 41.9 Å². The molecule has 2 aromatic heterocycles. The SMILES string of the molecule is O=C(c1ccccc1)c1ccc2[n+](c1)Cc1c(F)cc(F)cc1-2.O=C(c1ccccc1)c1ccc2[n+](c1)Cc1cc(C(F)(F)F)ccc1-2. The monoisotopic (exact) mass is 648 g/mol. The Bertz CT molecular complexity index is 2230. The molecule has 4 heterocycles. The fourth-order valence-corrected chi connectivity index (χ4v) is 6.12. The van der Waals surface area contributed by atoms with E-state index in [1.807, 2.05) is 28.8 Å². The van der Waals surface area contributed by atoms with Gasteiger partial charge in [-0.1, -0.05) is 60.7 Å². The maximum absolute atomic E-state index is 13.9. The largest absolute Gasteiger partial charge is 0.416 e. The molecule has 2 aliphatic rings. The maximum Gasteiger partial charge on any atom is 0.416 e. The molecular weight excluding hydrogens is 623 g/mol. The lowest BCUT2D eigenvalue weighted by Crippen LogP contribution is -2.33. The highest BCUT2D eigenvalue weighted by atomic mass is 19.4. The number of fused-ring (bicyclic) bond motifs is 6. The number of hydrogen-bond acceptors (Lipinski definition) is 2. The normalized spacial score (nSPS) is 12.3. The summed E-state index contributed by atoms with van der Waals surface area (Å²) < 4.78 is 69.6. The molecule has 48 heavy (non-hydrogen) atoms. The van der Waals surface area contributed by atoms with E-state index in [-0.39, 0.29) is 11.6 Å². The second kappa shape index (κ2) is 12.1. The van der Waals surface area contributed by atoms with Gasteiger partial charge in [0.1, 0.15) is 11.6 Å². The first-order valence-corrected chi connectivity index (χ1v) is 15.0. The summed E-state index contributed by atoms with van der Waals surface area (Å²) in [5.74, 6) is -1.36. The lowest BCUT2D eigenvalue weighted by atomic mass is 10.0. The van der Waals surface area contributed by atoms with Crippen molar-refractivity contribution in [2.75, 3.05) is 0 Å². The molecule has 4 nitrogen and oxygen atoms in total. The molecule has 0 aliphatic carbocycles. The van der Waals surface area contributed by atoms with Gasteiger partial charge in [0.25, 0.3) is 0 Å². The molecule has 9 heteroatoms. The molecule has 0 spiro atoms. The predicted molar refractivity (Wildman–Crippen MR) is 167 cm³/mol. The first kappa shape index (κ1) is 30.8. The van der Waals surface area contributed by atoms with Gasteiger partial charge in [0.2, 0.25) is 11.4 Å². The third-order valence-electron chi connectivity index (χ3n) is 8.46. The Kier molecular flexibility index (Phi) is 7.75. The zero-order chi connectivity index (χ0) is 33.6. The van der Waals surface area contributed by atoms with Crippen molar-refractivity contribution in [1.29, 1.82) is 0 Å². The van der Waals surface area contributed by atoms with Gasteiger partial charge in [0.05, 0.1) is 33.4 Å². The number of benzene rings is 4. The van der Waals surface area contributed by atoms with E-state index >= 15 is 0 Å². The van der Waals surface area contributed by atoms with Crippen LogP contribution in [0.15, 0.2) is 128 Å². The van der Waals surface area contributed by atoms with Gasteiger partial charge >= 0.3 is 6.18 Å². The Morgan fingerprint density at radius 3 is 1.67 bits per heavy atom. The van der Waals surface area contributed by atoms with Gasteiger partial charge in [-0.2, -0.15) is 22.3 Å². The molecule has 0 unspecified atom stereocenters. The van der Waals surface area contributed by atoms with Crippen molar-refractivity contribution in [2.45, 2.75) is 19.3 Å². The van der Waals surface area contributed by atoms with Crippen molar-refractivity contribution in [2.24, 2.45) is 0 Å². The molecule has 0 atom stereocenters. The fourth-order valence-electron chi connectivity index (χ4n) is 6.12. The van der Waals surface area contributed by atoms with E-state index in [0.29, 0.717) is 57.7 Å². The zero-order valence-electron chi connectivity index (χ0n) is 25.1. The molecule has 0 amide bonds. The molecule has 0 saturated carbocycles. The van der Waals surface area contributed by atoms with Crippen LogP contribution in [0.4, 0.5) is 22.0 Å². The van der Waals surface area contributed by atoms with Gasteiger partial charge in [0, 0.05) is 34.9 Å². The Labute approximate surface area is 272 Å². The van der Waals surface area contributed by atoms with E-state index in [9.17, 15) is 31.5 Å². The van der Waals surface area contributed by atoms with Gasteiger partial charge in [-0.05, 0) is 36.4 Å². The van der Waals surface area contributed by atoms with E-state index in [0.717, 1.165) is 23.4 Å². The number of pyridine rings is 2. The number of carbonyl (C=O) groups is 2. The number of carbonyl (C=O) groups excluding carboxylic acids is 2. The first-order chi connectivity index (χ1) is 23.1. The van der Waals surface area contributed by atoms with Crippen LogP contribution in [0, 0.1) is 11.6 Å². The molecule has 4 aromatic carbocycles. The summed E-state index contributed by atoms with van der Waals surface area (Å²) in [4.78, 5) is 25.0. The summed E-state index contributed by atoms with van der Waals surface area (Å²) in [6, 6.07) is 30.8. The number of aromatic nitrogens is 2. The summed E-state index contributed by atoms with van der Waals surface area (Å²) in [6.07, 6.45) is -0.956. The summed E-state index contributed by atoms with van der Waals surface area (Å²) in [5, 5.41) is 0. The number of ketones is 2. The van der Waals surface area contributed by atoms with Gasteiger partial charge in [0.15, 0.2) is 37.0 Å². The fraction of sp³-hybridized carbons (Fsp3) is 0.0769. The van der Waals surface area contributed by atoms with Crippen molar-refractivity contribution in [3.05, 3.63) is 178 Å². The van der Waals surface area contributed by atoms with Crippen LogP contribution in [0.2, 0.25) is 0 Å². The van der Waals surface area contributed by atoms with Crippen molar-refractivity contribution < 1.29 is 40.7 Å². The van der Waals surface area contributed by atoms with Crippen LogP contribution in [0.3, 0.4) is 0 Å². The maximum atomic E-state index is 13.9. The standard InChI is InChI=1S/C20H13F3NO.C19H12F2NO/c21-20(22,23)16-7-8-17-15(10-16)12-24-11-14(6-9-18(17)24)19(25)13-4-2-1-3-5-13;20-14-8-15-16(17(21)9-14)11-22-10-13(6-7-18(15)22)19(23)12-4-2-1-3-5-12/h1-11H,12H2;1-10H,11H2/q2*+1. The first-order valence-electron chi connectivity index (χ1n) is 15.0. The lowest BCUT2D eigenvalue weighted by Gasteiger charge is -2.06. The zero-order valence-corrected chi connectivity index (χ0v) is 25.1. The van der Waals surface area contributed by atoms with Crippen molar-refractivity contribution >= 4 is 11.6 Å². The minimum absolute atomic E-state index is 0.0940. The van der Waals surface area contributed by atoms with Crippen LogP contribution >= 0.6 is 0 Å². The minimum Gasteiger partial charge on any atom is -0.288 e. The molecule has 6 aromatic rings. The number of alkyl halides is 3. The molecule has 0 fully saturated rings. The third kappa shape index (κ3) is 5.79. The highest BCUT2D eigenvalue weighted by Gasteiger charge is 2.35. The Morgan fingerprint density at radius 2 is 1.10 bits per heavy atom. The second-order valence-electron chi connectivity index (χ2n) is 11.5. The van der Waals surface area contributed by atoms with Crippen molar-refractivity contribution in [3.8, 4) is 22.5 Å². The van der Waals surface area contributed by atoms with Crippen molar-refractivity contribution in [1.82, 2.24) is 0 Å². The predicted octanol–water partition coefficient (Wildman–Crippen LogP) is 7.76. The summed E-state index contributed by atoms with van der Waals surface area (Å²) in [6.45, 7) is 0.622. The molecule has 8 rings (SSSR count). The quantitative estimate of drug-likeness (QED) is 0.111. The molecule has 2 aliphatic heterocycles. The number of nitrogens with zero attached hydrogens (tertiary/aromatic N) is 2. The number of hydrogen-bond donors (Lipinski definition) is 0. The van der Waals surface area contributed by atoms with Crippen LogP contribution in [0.1, 0.15) is 48.5 Å². The highest BCUT2D eigenvalue weighted by molar-refractivity contribution is 6.09. The van der Waals surface area contributed by atoms with Crippen LogP contribution < -0.4 is 9.13 Å². The van der Waals surface area contributed by atoms with Gasteiger partial charge in [-0.25, -0.2) is 8.78 Å². The Morgan fingerprint density at radius 1 is 0.562 bits per heavy atom. The van der Waals surface area contributed by atoms with Crippen LogP contribution in [0.25, 0.3) is 22.5 Å². The van der Waals surface area contributed by atoms with E-state index in [1.165, 1.54) is 18.2 Å².